The van der Waals surface area contributed by atoms with Crippen molar-refractivity contribution in [3.8, 4) is 6.07 Å². The van der Waals surface area contributed by atoms with Crippen LogP contribution < -0.4 is 0 Å². The van der Waals surface area contributed by atoms with E-state index in [0.29, 0.717) is 0 Å². The van der Waals surface area contributed by atoms with Crippen LogP contribution in [0.4, 0.5) is 0 Å². The second-order valence-electron chi connectivity index (χ2n) is 6.66. The molecule has 2 aliphatic rings. The van der Waals surface area contributed by atoms with E-state index in [1.54, 1.807) is 11.3 Å². The van der Waals surface area contributed by atoms with Crippen LogP contribution in [0.3, 0.4) is 0 Å². The molecule has 0 atom stereocenters. The maximum absolute atomic E-state index is 13.0. The second-order valence-corrected chi connectivity index (χ2v) is 7.37. The van der Waals surface area contributed by atoms with E-state index in [-0.39, 0.29) is 5.91 Å². The van der Waals surface area contributed by atoms with Crippen LogP contribution in [0.5, 0.6) is 0 Å². The molecule has 1 aliphatic heterocycles. The number of carbonyl (C=O) groups is 1. The zero-order valence-electron chi connectivity index (χ0n) is 13.5. The summed E-state index contributed by atoms with van der Waals surface area (Å²) in [4.78, 5) is 21.6. The van der Waals surface area contributed by atoms with Crippen molar-refractivity contribution in [1.82, 2.24) is 14.8 Å². The summed E-state index contributed by atoms with van der Waals surface area (Å²) in [5.74, 6) is 0.0789. The molecule has 0 radical (unpaired) electrons. The van der Waals surface area contributed by atoms with Gasteiger partial charge in [-0.25, -0.2) is 4.98 Å². The van der Waals surface area contributed by atoms with Crippen LogP contribution in [0, 0.1) is 16.7 Å². The molecule has 0 bridgehead atoms. The molecule has 1 aliphatic carbocycles. The van der Waals surface area contributed by atoms with E-state index in [4.69, 9.17) is 0 Å². The van der Waals surface area contributed by atoms with Crippen molar-refractivity contribution in [2.75, 3.05) is 26.2 Å². The lowest BCUT2D eigenvalue weighted by atomic mass is 9.74. The molecule has 1 amide bonds. The van der Waals surface area contributed by atoms with Crippen molar-refractivity contribution in [1.29, 1.82) is 5.26 Å². The molecule has 0 spiro atoms. The van der Waals surface area contributed by atoms with Crippen LogP contribution in [0.2, 0.25) is 0 Å². The summed E-state index contributed by atoms with van der Waals surface area (Å²) in [5, 5.41) is 11.7. The first kappa shape index (κ1) is 16.4. The Labute approximate surface area is 141 Å². The first-order valence-corrected chi connectivity index (χ1v) is 9.48. The number of nitrogens with zero attached hydrogens (tertiary/aromatic N) is 4. The lowest BCUT2D eigenvalue weighted by Gasteiger charge is -2.34. The second kappa shape index (κ2) is 7.41. The Kier molecular flexibility index (Phi) is 5.29. The number of hydrogen-bond donors (Lipinski definition) is 0. The minimum absolute atomic E-state index is 0.0789. The van der Waals surface area contributed by atoms with E-state index in [1.165, 1.54) is 0 Å². The molecule has 1 saturated heterocycles. The van der Waals surface area contributed by atoms with Crippen molar-refractivity contribution in [2.45, 2.75) is 45.1 Å². The number of rotatable bonds is 3. The molecule has 5 nitrogen and oxygen atoms in total. The quantitative estimate of drug-likeness (QED) is 0.854. The molecule has 1 aromatic rings. The van der Waals surface area contributed by atoms with Crippen molar-refractivity contribution >= 4 is 17.2 Å². The van der Waals surface area contributed by atoms with E-state index in [0.717, 1.165) is 76.9 Å². The number of thiazole rings is 1. The van der Waals surface area contributed by atoms with E-state index < -0.39 is 5.41 Å². The van der Waals surface area contributed by atoms with E-state index >= 15 is 0 Å². The summed E-state index contributed by atoms with van der Waals surface area (Å²) in [6.45, 7) is 4.21. The highest BCUT2D eigenvalue weighted by Crippen LogP contribution is 2.37. The smallest absolute Gasteiger partial charge is 0.243 e. The van der Waals surface area contributed by atoms with Gasteiger partial charge in [0.2, 0.25) is 5.91 Å². The van der Waals surface area contributed by atoms with Gasteiger partial charge in [-0.15, -0.1) is 11.3 Å². The lowest BCUT2D eigenvalue weighted by molar-refractivity contribution is -0.140. The number of hydrogen-bond acceptors (Lipinski definition) is 5. The highest BCUT2D eigenvalue weighted by Gasteiger charge is 2.42. The molecular formula is C17H24N4OS. The highest BCUT2D eigenvalue weighted by atomic mass is 32.1. The Bertz CT molecular complexity index is 560. The van der Waals surface area contributed by atoms with Gasteiger partial charge < -0.3 is 4.90 Å². The largest absolute Gasteiger partial charge is 0.340 e. The molecule has 0 aromatic carbocycles. The Balaban J connectivity index is 1.61. The molecule has 0 N–H and O–H groups in total. The first-order chi connectivity index (χ1) is 11.2. The van der Waals surface area contributed by atoms with E-state index in [2.05, 4.69) is 21.3 Å². The van der Waals surface area contributed by atoms with Gasteiger partial charge in [-0.05, 0) is 19.3 Å². The van der Waals surface area contributed by atoms with Gasteiger partial charge in [-0.1, -0.05) is 19.3 Å². The minimum atomic E-state index is -0.748. The topological polar surface area (TPSA) is 60.2 Å². The van der Waals surface area contributed by atoms with E-state index in [9.17, 15) is 10.1 Å². The van der Waals surface area contributed by atoms with Crippen LogP contribution in [0.25, 0.3) is 0 Å². The molecule has 124 valence electrons. The number of nitriles is 1. The highest BCUT2D eigenvalue weighted by molar-refractivity contribution is 7.07. The average molecular weight is 332 g/mol. The Morgan fingerprint density at radius 2 is 2.04 bits per heavy atom. The summed E-state index contributed by atoms with van der Waals surface area (Å²) in [6, 6.07) is 2.37. The maximum atomic E-state index is 13.0. The molecular weight excluding hydrogens is 308 g/mol. The van der Waals surface area contributed by atoms with Gasteiger partial charge in [0, 0.05) is 38.1 Å². The molecule has 1 saturated carbocycles. The zero-order chi connectivity index (χ0) is 16.1. The average Bonchev–Trinajstić information content (AvgIpc) is 2.99. The summed E-state index contributed by atoms with van der Waals surface area (Å²) < 4.78 is 0. The van der Waals surface area contributed by atoms with Gasteiger partial charge in [0.1, 0.15) is 5.41 Å². The van der Waals surface area contributed by atoms with Crippen molar-refractivity contribution in [3.05, 3.63) is 16.6 Å². The molecule has 6 heteroatoms. The number of aromatic nitrogens is 1. The summed E-state index contributed by atoms with van der Waals surface area (Å²) in [7, 11) is 0. The zero-order valence-corrected chi connectivity index (χ0v) is 14.4. The van der Waals surface area contributed by atoms with Crippen molar-refractivity contribution in [2.24, 2.45) is 5.41 Å². The van der Waals surface area contributed by atoms with E-state index in [1.807, 2.05) is 10.4 Å². The fourth-order valence-corrected chi connectivity index (χ4v) is 4.26. The fourth-order valence-electron chi connectivity index (χ4n) is 3.71. The van der Waals surface area contributed by atoms with Crippen LogP contribution in [0.1, 0.15) is 44.2 Å². The number of amides is 1. The SMILES string of the molecule is N#CC1(C(=O)N2CCCN(Cc3cscn3)CC2)CCCCC1. The normalized spacial score (nSPS) is 22.3. The molecule has 23 heavy (non-hydrogen) atoms. The maximum Gasteiger partial charge on any atom is 0.243 e. The Hall–Kier alpha value is -1.45. The minimum Gasteiger partial charge on any atom is -0.340 e. The molecule has 3 rings (SSSR count). The molecule has 1 aromatic heterocycles. The third-order valence-corrected chi connectivity index (χ3v) is 5.71. The summed E-state index contributed by atoms with van der Waals surface area (Å²) >= 11 is 1.62. The van der Waals surface area contributed by atoms with Crippen LogP contribution in [-0.2, 0) is 11.3 Å². The van der Waals surface area contributed by atoms with Gasteiger partial charge in [0.15, 0.2) is 0 Å². The van der Waals surface area contributed by atoms with Crippen molar-refractivity contribution in [3.63, 3.8) is 0 Å². The predicted molar refractivity (Wildman–Crippen MR) is 89.7 cm³/mol. The van der Waals surface area contributed by atoms with Crippen LogP contribution in [0.15, 0.2) is 10.9 Å². The van der Waals surface area contributed by atoms with Crippen LogP contribution >= 0.6 is 11.3 Å². The standard InChI is InChI=1S/C17H24N4OS/c18-13-17(5-2-1-3-6-17)16(22)21-8-4-7-20(9-10-21)11-15-12-23-14-19-15/h12,14H,1-11H2. The predicted octanol–water partition coefficient (Wildman–Crippen LogP) is 2.65. The summed E-state index contributed by atoms with van der Waals surface area (Å²) in [6.07, 6.45) is 5.60. The molecule has 0 unspecified atom stereocenters. The third-order valence-electron chi connectivity index (χ3n) is 5.08. The fraction of sp³-hybridized carbons (Fsp3) is 0.706. The van der Waals surface area contributed by atoms with Gasteiger partial charge in [-0.3, -0.25) is 9.69 Å². The molecule has 2 fully saturated rings. The van der Waals surface area contributed by atoms with Crippen LogP contribution in [-0.4, -0.2) is 46.9 Å². The third kappa shape index (κ3) is 3.73. The van der Waals surface area contributed by atoms with Gasteiger partial charge in [0.25, 0.3) is 0 Å². The van der Waals surface area contributed by atoms with Gasteiger partial charge >= 0.3 is 0 Å². The monoisotopic (exact) mass is 332 g/mol. The molecule has 2 heterocycles. The Morgan fingerprint density at radius 1 is 1.22 bits per heavy atom. The first-order valence-electron chi connectivity index (χ1n) is 8.54. The van der Waals surface area contributed by atoms with Gasteiger partial charge in [0.05, 0.1) is 17.3 Å². The van der Waals surface area contributed by atoms with Gasteiger partial charge in [-0.2, -0.15) is 5.26 Å². The number of carbonyl (C=O) groups excluding carboxylic acids is 1. The summed E-state index contributed by atoms with van der Waals surface area (Å²) in [5.41, 5.74) is 2.22. The Morgan fingerprint density at radius 3 is 2.74 bits per heavy atom. The van der Waals surface area contributed by atoms with Crippen molar-refractivity contribution < 1.29 is 4.79 Å². The lowest BCUT2D eigenvalue weighted by Crippen LogP contribution is -2.45.